The minimum atomic E-state index is -4.08. The summed E-state index contributed by atoms with van der Waals surface area (Å²) < 4.78 is 29.0. The van der Waals surface area contributed by atoms with Crippen LogP contribution in [0.25, 0.3) is 0 Å². The fourth-order valence-corrected chi connectivity index (χ4v) is 5.43. The van der Waals surface area contributed by atoms with Gasteiger partial charge in [0.15, 0.2) is 0 Å². The molecule has 4 bridgehead atoms. The number of phenols is 1. The van der Waals surface area contributed by atoms with Crippen LogP contribution in [-0.4, -0.2) is 19.4 Å². The van der Waals surface area contributed by atoms with Crippen molar-refractivity contribution in [3.8, 4) is 5.75 Å². The first kappa shape index (κ1) is 21.0. The maximum Gasteiger partial charge on any atom is 0.263 e. The molecule has 1 amide bonds. The number of rotatable bonds is 1. The summed E-state index contributed by atoms with van der Waals surface area (Å²) in [5.74, 6) is -1.30. The normalized spacial score (nSPS) is 16.4. The van der Waals surface area contributed by atoms with E-state index in [1.54, 1.807) is 29.5 Å². The van der Waals surface area contributed by atoms with Gasteiger partial charge in [-0.25, -0.2) is 8.42 Å². The molecule has 0 spiro atoms. The number of primary amides is 1. The fourth-order valence-electron chi connectivity index (χ4n) is 3.35. The average molecular weight is 456 g/mol. The Balaban J connectivity index is 1.83. The molecule has 9 heteroatoms. The van der Waals surface area contributed by atoms with Crippen LogP contribution in [0.1, 0.15) is 26.4 Å². The van der Waals surface area contributed by atoms with E-state index in [0.29, 0.717) is 18.7 Å². The molecule has 7 nitrogen and oxygen atoms in total. The van der Waals surface area contributed by atoms with Crippen LogP contribution in [0.15, 0.2) is 64.9 Å². The van der Waals surface area contributed by atoms with E-state index in [9.17, 15) is 18.3 Å². The van der Waals surface area contributed by atoms with E-state index in [-0.39, 0.29) is 21.9 Å². The number of hydrogen-bond acceptors (Lipinski definition) is 6. The van der Waals surface area contributed by atoms with Gasteiger partial charge < -0.3 is 16.2 Å². The molecule has 31 heavy (non-hydrogen) atoms. The number of amides is 1. The van der Waals surface area contributed by atoms with E-state index in [1.165, 1.54) is 11.6 Å². The third-order valence-electron chi connectivity index (χ3n) is 4.87. The number of nitrogens with one attached hydrogen (secondary N) is 2. The van der Waals surface area contributed by atoms with E-state index >= 15 is 0 Å². The van der Waals surface area contributed by atoms with Crippen molar-refractivity contribution in [3.63, 3.8) is 0 Å². The molecule has 0 saturated heterocycles. The van der Waals surface area contributed by atoms with Gasteiger partial charge in [-0.15, -0.1) is 11.3 Å². The third kappa shape index (κ3) is 4.73. The van der Waals surface area contributed by atoms with Crippen molar-refractivity contribution in [2.75, 3.05) is 10.0 Å². The molecule has 1 aliphatic rings. The highest BCUT2D eigenvalue weighted by Crippen LogP contribution is 2.32. The number of fused-ring (bicyclic) bond motifs is 5. The number of aromatic hydroxyl groups is 1. The molecule has 1 aliphatic heterocycles. The van der Waals surface area contributed by atoms with E-state index < -0.39 is 15.9 Å². The molecule has 160 valence electrons. The Bertz CT molecular complexity index is 1280. The Labute approximate surface area is 184 Å². The van der Waals surface area contributed by atoms with Crippen LogP contribution in [0.5, 0.6) is 5.75 Å². The van der Waals surface area contributed by atoms with Gasteiger partial charge in [0.1, 0.15) is 10.6 Å². The Morgan fingerprint density at radius 3 is 2.61 bits per heavy atom. The molecule has 0 atom stereocenters. The summed E-state index contributed by atoms with van der Waals surface area (Å²) in [6.45, 7) is 0.363. The van der Waals surface area contributed by atoms with Gasteiger partial charge in [-0.3, -0.25) is 9.52 Å². The van der Waals surface area contributed by atoms with Crippen LogP contribution in [0.2, 0.25) is 0 Å². The molecular weight excluding hydrogens is 434 g/mol. The van der Waals surface area contributed by atoms with Gasteiger partial charge in [0.25, 0.3) is 15.9 Å². The standard InChI is InChI=1S/C22H21N3O4S2/c23-22(27)18-10-21-19(11-20(18)26)24-12-17-9-15(13-30-17)5-2-1-4-14-6-3-7-16(8-14)25-31(21,28)29/h1-3,6-11,13,24-26H,4-5,12H2,(H2,23,27)/b2-1+. The number of hydrogen-bond donors (Lipinski definition) is 4. The molecule has 1 aromatic heterocycles. The van der Waals surface area contributed by atoms with E-state index in [0.717, 1.165) is 22.9 Å². The van der Waals surface area contributed by atoms with Crippen LogP contribution in [0.3, 0.4) is 0 Å². The Hall–Kier alpha value is -3.30. The molecule has 0 unspecified atom stereocenters. The van der Waals surface area contributed by atoms with Crippen LogP contribution in [0, 0.1) is 0 Å². The minimum absolute atomic E-state index is 0.173. The number of anilines is 2. The van der Waals surface area contributed by atoms with Crippen molar-refractivity contribution in [1.29, 1.82) is 0 Å². The number of allylic oxidation sites excluding steroid dienone is 2. The zero-order chi connectivity index (χ0) is 22.0. The first-order valence-electron chi connectivity index (χ1n) is 9.55. The predicted molar refractivity (Wildman–Crippen MR) is 122 cm³/mol. The van der Waals surface area contributed by atoms with Crippen molar-refractivity contribution in [2.24, 2.45) is 5.73 Å². The third-order valence-corrected chi connectivity index (χ3v) is 7.27. The number of thiophene rings is 1. The maximum absolute atomic E-state index is 13.2. The molecule has 3 aromatic rings. The van der Waals surface area contributed by atoms with Crippen molar-refractivity contribution in [2.45, 2.75) is 24.3 Å². The van der Waals surface area contributed by atoms with E-state index in [4.69, 9.17) is 5.73 Å². The lowest BCUT2D eigenvalue weighted by atomic mass is 10.1. The topological polar surface area (TPSA) is 122 Å². The fraction of sp³-hybridized carbons (Fsp3) is 0.136. The molecule has 5 N–H and O–H groups in total. The van der Waals surface area contributed by atoms with Crippen molar-refractivity contribution in [1.82, 2.24) is 0 Å². The number of carbonyl (C=O) groups excluding carboxylic acids is 1. The van der Waals surface area contributed by atoms with Gasteiger partial charge in [0.05, 0.1) is 11.3 Å². The second-order valence-corrected chi connectivity index (χ2v) is 9.84. The second kappa shape index (κ2) is 8.44. The van der Waals surface area contributed by atoms with Gasteiger partial charge in [-0.2, -0.15) is 0 Å². The summed E-state index contributed by atoms with van der Waals surface area (Å²) in [4.78, 5) is 12.5. The van der Waals surface area contributed by atoms with Gasteiger partial charge in [0, 0.05) is 23.2 Å². The average Bonchev–Trinajstić information content (AvgIpc) is 3.16. The lowest BCUT2D eigenvalue weighted by Gasteiger charge is -2.16. The van der Waals surface area contributed by atoms with Crippen molar-refractivity contribution in [3.05, 3.63) is 81.6 Å². The monoisotopic (exact) mass is 455 g/mol. The van der Waals surface area contributed by atoms with E-state index in [1.807, 2.05) is 6.07 Å². The number of nitrogens with two attached hydrogens (primary N) is 1. The van der Waals surface area contributed by atoms with Crippen LogP contribution in [0.4, 0.5) is 11.4 Å². The molecular formula is C22H21N3O4S2. The lowest BCUT2D eigenvalue weighted by molar-refractivity contribution is 0.0997. The summed E-state index contributed by atoms with van der Waals surface area (Å²) >= 11 is 1.56. The Morgan fingerprint density at radius 1 is 1.06 bits per heavy atom. The van der Waals surface area contributed by atoms with Gasteiger partial charge >= 0.3 is 0 Å². The van der Waals surface area contributed by atoms with Crippen LogP contribution < -0.4 is 15.8 Å². The molecule has 0 aliphatic carbocycles. The number of benzene rings is 2. The summed E-state index contributed by atoms with van der Waals surface area (Å²) in [5, 5.41) is 15.3. The van der Waals surface area contributed by atoms with Gasteiger partial charge in [-0.05, 0) is 53.6 Å². The number of carbonyl (C=O) groups is 1. The minimum Gasteiger partial charge on any atom is -0.507 e. The molecule has 2 heterocycles. The highest BCUT2D eigenvalue weighted by molar-refractivity contribution is 7.92. The SMILES string of the molecule is NC(=O)c1cc2c(cc1O)NCc1cc(cs1)C/C=C/Cc1cccc(c1)NS2(=O)=O. The highest BCUT2D eigenvalue weighted by Gasteiger charge is 2.23. The zero-order valence-electron chi connectivity index (χ0n) is 16.5. The summed E-state index contributed by atoms with van der Waals surface area (Å²) in [6, 6.07) is 11.5. The molecule has 0 fully saturated rings. The van der Waals surface area contributed by atoms with Gasteiger partial charge in [0.2, 0.25) is 0 Å². The van der Waals surface area contributed by atoms with E-state index in [2.05, 4.69) is 33.6 Å². The molecule has 2 aromatic carbocycles. The molecule has 0 saturated carbocycles. The summed E-state index contributed by atoms with van der Waals surface area (Å²) in [5.41, 5.74) is 7.75. The maximum atomic E-state index is 13.2. The first-order chi connectivity index (χ1) is 14.8. The zero-order valence-corrected chi connectivity index (χ0v) is 18.1. The first-order valence-corrected chi connectivity index (χ1v) is 11.9. The Morgan fingerprint density at radius 2 is 1.84 bits per heavy atom. The molecule has 0 radical (unpaired) electrons. The smallest absolute Gasteiger partial charge is 0.263 e. The highest BCUT2D eigenvalue weighted by atomic mass is 32.2. The predicted octanol–water partition coefficient (Wildman–Crippen LogP) is 3.62. The second-order valence-electron chi connectivity index (χ2n) is 7.19. The molecule has 4 rings (SSSR count). The van der Waals surface area contributed by atoms with Crippen LogP contribution >= 0.6 is 11.3 Å². The summed E-state index contributed by atoms with van der Waals surface area (Å²) in [7, 11) is -4.08. The van der Waals surface area contributed by atoms with Gasteiger partial charge in [-0.1, -0.05) is 24.3 Å². The largest absolute Gasteiger partial charge is 0.507 e. The van der Waals surface area contributed by atoms with Crippen molar-refractivity contribution < 1.29 is 18.3 Å². The Kier molecular flexibility index (Phi) is 5.71. The lowest BCUT2D eigenvalue weighted by Crippen LogP contribution is -2.18. The van der Waals surface area contributed by atoms with Crippen LogP contribution in [-0.2, 0) is 29.4 Å². The van der Waals surface area contributed by atoms with Crippen molar-refractivity contribution >= 4 is 38.6 Å². The summed E-state index contributed by atoms with van der Waals surface area (Å²) in [6.07, 6.45) is 5.64. The quantitative estimate of drug-likeness (QED) is 0.418. The number of sulfonamides is 1.